The molecule has 0 bridgehead atoms. The second-order valence-electron chi connectivity index (χ2n) is 5.55. The van der Waals surface area contributed by atoms with Crippen molar-refractivity contribution in [3.63, 3.8) is 0 Å². The molecular weight excluding hydrogens is 311 g/mol. The number of carbonyl (C=O) groups excluding carboxylic acids is 1. The van der Waals surface area contributed by atoms with Crippen LogP contribution in [-0.2, 0) is 11.3 Å². The number of methoxy groups -OCH3 is 2. The van der Waals surface area contributed by atoms with Crippen molar-refractivity contribution in [1.82, 2.24) is 0 Å². The summed E-state index contributed by atoms with van der Waals surface area (Å²) in [4.78, 5) is 13.1. The van der Waals surface area contributed by atoms with Crippen molar-refractivity contribution < 1.29 is 23.6 Å². The minimum Gasteiger partial charge on any atom is -0.497 e. The molecule has 1 unspecified atom stereocenters. The van der Waals surface area contributed by atoms with Crippen LogP contribution < -0.4 is 19.7 Å². The number of amides is 1. The molecule has 6 heteroatoms. The van der Waals surface area contributed by atoms with Gasteiger partial charge >= 0.3 is 0 Å². The highest BCUT2D eigenvalue weighted by Gasteiger charge is 2.14. The van der Waals surface area contributed by atoms with Gasteiger partial charge < -0.3 is 19.7 Å². The fourth-order valence-corrected chi connectivity index (χ4v) is 2.43. The maximum Gasteiger partial charge on any atom is 0.279 e. The molecule has 0 aromatic heterocycles. The van der Waals surface area contributed by atoms with Gasteiger partial charge in [0.15, 0.2) is 6.54 Å². The maximum atomic E-state index is 13.1. The molecule has 0 saturated heterocycles. The van der Waals surface area contributed by atoms with Gasteiger partial charge in [-0.25, -0.2) is 4.39 Å². The zero-order valence-electron chi connectivity index (χ0n) is 14.1. The minimum absolute atomic E-state index is 0.175. The highest BCUT2D eigenvalue weighted by atomic mass is 19.1. The van der Waals surface area contributed by atoms with E-state index >= 15 is 0 Å². The van der Waals surface area contributed by atoms with Crippen LogP contribution in [0.2, 0.25) is 0 Å². The SMILES string of the molecule is COc1ccc(C[NH+](C)CC(=O)Nc2cccc(F)c2)c(OC)c1. The third-order valence-corrected chi connectivity index (χ3v) is 3.56. The van der Waals surface area contributed by atoms with Crippen molar-refractivity contribution in [3.05, 3.63) is 53.8 Å². The maximum absolute atomic E-state index is 13.1. The average Bonchev–Trinajstić information content (AvgIpc) is 2.54. The lowest BCUT2D eigenvalue weighted by Crippen LogP contribution is -3.08. The van der Waals surface area contributed by atoms with Gasteiger partial charge in [-0.05, 0) is 30.3 Å². The Balaban J connectivity index is 1.95. The van der Waals surface area contributed by atoms with Crippen molar-refractivity contribution in [2.75, 3.05) is 33.1 Å². The van der Waals surface area contributed by atoms with E-state index in [2.05, 4.69) is 5.32 Å². The lowest BCUT2D eigenvalue weighted by atomic mass is 10.2. The van der Waals surface area contributed by atoms with Crippen LogP contribution in [0.3, 0.4) is 0 Å². The summed E-state index contributed by atoms with van der Waals surface area (Å²) in [5, 5.41) is 2.70. The number of quaternary nitrogens is 1. The number of hydrogen-bond donors (Lipinski definition) is 2. The summed E-state index contributed by atoms with van der Waals surface area (Å²) >= 11 is 0. The predicted octanol–water partition coefficient (Wildman–Crippen LogP) is 1.50. The molecule has 2 aromatic carbocycles. The van der Waals surface area contributed by atoms with Crippen LogP contribution in [-0.4, -0.2) is 33.7 Å². The molecule has 0 aliphatic rings. The highest BCUT2D eigenvalue weighted by Crippen LogP contribution is 2.23. The van der Waals surface area contributed by atoms with Crippen molar-refractivity contribution in [2.45, 2.75) is 6.54 Å². The molecule has 1 amide bonds. The Morgan fingerprint density at radius 3 is 2.62 bits per heavy atom. The lowest BCUT2D eigenvalue weighted by molar-refractivity contribution is -0.885. The van der Waals surface area contributed by atoms with E-state index in [4.69, 9.17) is 9.47 Å². The Hall–Kier alpha value is -2.60. The Morgan fingerprint density at radius 2 is 1.96 bits per heavy atom. The second kappa shape index (κ2) is 8.31. The zero-order valence-corrected chi connectivity index (χ0v) is 14.1. The van der Waals surface area contributed by atoms with E-state index in [0.717, 1.165) is 22.0 Å². The molecule has 0 aliphatic heterocycles. The van der Waals surface area contributed by atoms with E-state index in [1.807, 2.05) is 25.2 Å². The number of anilines is 1. The number of rotatable bonds is 7. The monoisotopic (exact) mass is 333 g/mol. The van der Waals surface area contributed by atoms with Gasteiger partial charge in [0.25, 0.3) is 5.91 Å². The quantitative estimate of drug-likeness (QED) is 0.807. The van der Waals surface area contributed by atoms with Crippen molar-refractivity contribution in [1.29, 1.82) is 0 Å². The van der Waals surface area contributed by atoms with E-state index in [1.165, 1.54) is 12.1 Å². The first-order valence-corrected chi connectivity index (χ1v) is 7.59. The van der Waals surface area contributed by atoms with E-state index < -0.39 is 0 Å². The second-order valence-corrected chi connectivity index (χ2v) is 5.55. The number of carbonyl (C=O) groups is 1. The number of nitrogens with one attached hydrogen (secondary N) is 2. The van der Waals surface area contributed by atoms with E-state index in [1.54, 1.807) is 26.4 Å². The first-order valence-electron chi connectivity index (χ1n) is 7.59. The summed E-state index contributed by atoms with van der Waals surface area (Å²) < 4.78 is 23.7. The molecule has 0 fully saturated rings. The van der Waals surface area contributed by atoms with Gasteiger partial charge in [0.05, 0.1) is 21.3 Å². The van der Waals surface area contributed by atoms with Crippen LogP contribution in [0.25, 0.3) is 0 Å². The van der Waals surface area contributed by atoms with Crippen molar-refractivity contribution in [3.8, 4) is 11.5 Å². The largest absolute Gasteiger partial charge is 0.497 e. The predicted molar refractivity (Wildman–Crippen MR) is 90.0 cm³/mol. The summed E-state index contributed by atoms with van der Waals surface area (Å²) in [6.45, 7) is 0.870. The Kier molecular flexibility index (Phi) is 6.14. The normalized spacial score (nSPS) is 11.7. The molecule has 2 N–H and O–H groups in total. The van der Waals surface area contributed by atoms with Gasteiger partial charge in [0.2, 0.25) is 0 Å². The molecule has 0 saturated carbocycles. The molecule has 24 heavy (non-hydrogen) atoms. The Bertz CT molecular complexity index is 706. The first-order chi connectivity index (χ1) is 11.5. The zero-order chi connectivity index (χ0) is 17.5. The molecule has 0 spiro atoms. The van der Waals surface area contributed by atoms with Crippen molar-refractivity contribution in [2.24, 2.45) is 0 Å². The fraction of sp³-hybridized carbons (Fsp3) is 0.278. The Labute approximate surface area is 141 Å². The number of likely N-dealkylation sites (N-methyl/N-ethyl adjacent to an activating group) is 1. The molecule has 128 valence electrons. The van der Waals surface area contributed by atoms with Crippen molar-refractivity contribution >= 4 is 11.6 Å². The minimum atomic E-state index is -0.378. The molecule has 2 rings (SSSR count). The molecule has 1 atom stereocenters. The van der Waals surface area contributed by atoms with E-state index in [9.17, 15) is 9.18 Å². The van der Waals surface area contributed by atoms with Gasteiger partial charge in [0.1, 0.15) is 23.9 Å². The smallest absolute Gasteiger partial charge is 0.279 e. The standard InChI is InChI=1S/C18H21FN2O3/c1-21(11-13-7-8-16(23-2)10-17(13)24-3)12-18(22)20-15-6-4-5-14(19)9-15/h4-10H,11-12H2,1-3H3,(H,20,22)/p+1. The molecule has 2 aromatic rings. The Morgan fingerprint density at radius 1 is 1.17 bits per heavy atom. The van der Waals surface area contributed by atoms with Crippen LogP contribution in [0.15, 0.2) is 42.5 Å². The number of ether oxygens (including phenoxy) is 2. The fourth-order valence-electron chi connectivity index (χ4n) is 2.43. The summed E-state index contributed by atoms with van der Waals surface area (Å²) in [6.07, 6.45) is 0. The molecule has 0 radical (unpaired) electrons. The van der Waals surface area contributed by atoms with Crippen LogP contribution in [0.4, 0.5) is 10.1 Å². The van der Waals surface area contributed by atoms with Gasteiger partial charge in [-0.15, -0.1) is 0 Å². The third-order valence-electron chi connectivity index (χ3n) is 3.56. The van der Waals surface area contributed by atoms with E-state index in [0.29, 0.717) is 12.2 Å². The highest BCUT2D eigenvalue weighted by molar-refractivity contribution is 5.91. The molecule has 0 heterocycles. The van der Waals surface area contributed by atoms with Gasteiger partial charge in [-0.3, -0.25) is 4.79 Å². The molecule has 5 nitrogen and oxygen atoms in total. The molecular formula is C18H22FN2O3+. The number of hydrogen-bond acceptors (Lipinski definition) is 3. The topological polar surface area (TPSA) is 52.0 Å². The molecule has 0 aliphatic carbocycles. The van der Waals surface area contributed by atoms with Crippen LogP contribution in [0.5, 0.6) is 11.5 Å². The van der Waals surface area contributed by atoms with Crippen LogP contribution in [0.1, 0.15) is 5.56 Å². The summed E-state index contributed by atoms with van der Waals surface area (Å²) in [5.41, 5.74) is 1.43. The summed E-state index contributed by atoms with van der Waals surface area (Å²) in [5.74, 6) is 0.887. The average molecular weight is 333 g/mol. The number of halogens is 1. The summed E-state index contributed by atoms with van der Waals surface area (Å²) in [6, 6.07) is 11.4. The third kappa shape index (κ3) is 4.96. The van der Waals surface area contributed by atoms with Crippen LogP contribution in [0, 0.1) is 5.82 Å². The summed E-state index contributed by atoms with van der Waals surface area (Å²) in [7, 11) is 5.11. The van der Waals surface area contributed by atoms with Gasteiger partial charge in [0, 0.05) is 17.3 Å². The van der Waals surface area contributed by atoms with Gasteiger partial charge in [-0.2, -0.15) is 0 Å². The lowest BCUT2D eigenvalue weighted by Gasteiger charge is -2.16. The van der Waals surface area contributed by atoms with Gasteiger partial charge in [-0.1, -0.05) is 6.07 Å². The van der Waals surface area contributed by atoms with E-state index in [-0.39, 0.29) is 18.3 Å². The number of benzene rings is 2. The van der Waals surface area contributed by atoms with Crippen LogP contribution >= 0.6 is 0 Å². The first kappa shape index (κ1) is 17.7.